The molecule has 45 heavy (non-hydrogen) atoms. The van der Waals surface area contributed by atoms with Crippen LogP contribution in [0, 0.1) is 12.7 Å². The fourth-order valence-electron chi connectivity index (χ4n) is 5.42. The van der Waals surface area contributed by atoms with Gasteiger partial charge in [-0.15, -0.1) is 0 Å². The van der Waals surface area contributed by atoms with Gasteiger partial charge in [-0.25, -0.2) is 9.18 Å². The minimum atomic E-state index is -5.64. The lowest BCUT2D eigenvalue weighted by atomic mass is 10.1. The Morgan fingerprint density at radius 2 is 1.42 bits per heavy atom. The molecule has 0 unspecified atom stereocenters. The Bertz CT molecular complexity index is 1590. The normalized spacial score (nSPS) is 15.1. The third-order valence-corrected chi connectivity index (χ3v) is 7.93. The minimum absolute atomic E-state index is 0.00982. The van der Waals surface area contributed by atoms with Gasteiger partial charge in [-0.3, -0.25) is 18.8 Å². The second-order valence-electron chi connectivity index (χ2n) is 10.9. The van der Waals surface area contributed by atoms with Crippen molar-refractivity contribution in [2.24, 2.45) is 0 Å². The molecule has 0 bridgehead atoms. The summed E-state index contributed by atoms with van der Waals surface area (Å²) in [5, 5.41) is 0. The van der Waals surface area contributed by atoms with E-state index in [-0.39, 0.29) is 57.1 Å². The van der Waals surface area contributed by atoms with E-state index in [9.17, 15) is 49.1 Å². The Balaban J connectivity index is 1.65. The molecule has 6 nitrogen and oxygen atoms in total. The molecular formula is C30H31F9N4O2. The maximum atomic E-state index is 14.8. The molecule has 0 aliphatic carbocycles. The molecule has 2 aromatic carbocycles. The summed E-state index contributed by atoms with van der Waals surface area (Å²) in [5.41, 5.74) is -2.84. The Kier molecular flexibility index (Phi) is 10.1. The van der Waals surface area contributed by atoms with Crippen LogP contribution in [0.25, 0.3) is 0 Å². The zero-order valence-corrected chi connectivity index (χ0v) is 24.2. The van der Waals surface area contributed by atoms with E-state index in [0.29, 0.717) is 6.07 Å². The van der Waals surface area contributed by atoms with E-state index >= 15 is 0 Å². The number of hydrogen-bond acceptors (Lipinski definition) is 4. The highest BCUT2D eigenvalue weighted by Gasteiger charge is 2.56. The van der Waals surface area contributed by atoms with Gasteiger partial charge in [0.05, 0.1) is 12.1 Å². The SMILES string of the molecule is Cc1c(N2CCN(CCCC(F)(F)C(F)(F)F)CC2)c(=O)n(CCc2ccccc2)c(=O)n1Cc1c(F)cccc1C(F)(F)F. The number of rotatable bonds is 10. The summed E-state index contributed by atoms with van der Waals surface area (Å²) in [4.78, 5) is 30.6. The van der Waals surface area contributed by atoms with Crippen molar-refractivity contribution in [2.45, 2.75) is 57.6 Å². The number of aryl methyl sites for hydroxylation is 1. The molecule has 246 valence electrons. The quantitative estimate of drug-likeness (QED) is 0.258. The first-order valence-corrected chi connectivity index (χ1v) is 14.2. The first-order valence-electron chi connectivity index (χ1n) is 14.2. The molecule has 0 N–H and O–H groups in total. The molecule has 4 rings (SSSR count). The number of hydrogen-bond donors (Lipinski definition) is 0. The van der Waals surface area contributed by atoms with Gasteiger partial charge < -0.3 is 4.90 Å². The van der Waals surface area contributed by atoms with Crippen LogP contribution in [0.1, 0.15) is 35.2 Å². The number of piperazine rings is 1. The molecule has 0 saturated carbocycles. The van der Waals surface area contributed by atoms with Crippen LogP contribution in [0.4, 0.5) is 45.2 Å². The Hall–Kier alpha value is -3.75. The number of nitrogens with zero attached hydrogens (tertiary/aromatic N) is 4. The number of aromatic nitrogens is 2. The van der Waals surface area contributed by atoms with Gasteiger partial charge in [-0.1, -0.05) is 36.4 Å². The smallest absolute Gasteiger partial charge is 0.363 e. The van der Waals surface area contributed by atoms with Crippen molar-refractivity contribution in [3.8, 4) is 0 Å². The second kappa shape index (κ2) is 13.3. The zero-order chi connectivity index (χ0) is 33.2. The monoisotopic (exact) mass is 650 g/mol. The zero-order valence-electron chi connectivity index (χ0n) is 24.2. The fourth-order valence-corrected chi connectivity index (χ4v) is 5.42. The van der Waals surface area contributed by atoms with Crippen molar-refractivity contribution in [1.82, 2.24) is 14.0 Å². The van der Waals surface area contributed by atoms with E-state index in [0.717, 1.165) is 26.8 Å². The highest BCUT2D eigenvalue weighted by Crippen LogP contribution is 2.39. The van der Waals surface area contributed by atoms with Crippen LogP contribution in [0.3, 0.4) is 0 Å². The Morgan fingerprint density at radius 1 is 0.778 bits per heavy atom. The first kappa shape index (κ1) is 34.1. The third kappa shape index (κ3) is 7.74. The summed E-state index contributed by atoms with van der Waals surface area (Å²) < 4.78 is 122. The predicted molar refractivity (Wildman–Crippen MR) is 149 cm³/mol. The Labute approximate surface area is 252 Å². The van der Waals surface area contributed by atoms with Crippen LogP contribution in [0.2, 0.25) is 0 Å². The average molecular weight is 651 g/mol. The number of anilines is 1. The van der Waals surface area contributed by atoms with E-state index < -0.39 is 65.9 Å². The molecule has 2 heterocycles. The van der Waals surface area contributed by atoms with Crippen molar-refractivity contribution in [3.05, 3.63) is 97.6 Å². The van der Waals surface area contributed by atoms with Crippen LogP contribution in [-0.4, -0.2) is 58.9 Å². The minimum Gasteiger partial charge on any atom is -0.363 e. The van der Waals surface area contributed by atoms with Crippen molar-refractivity contribution in [3.63, 3.8) is 0 Å². The van der Waals surface area contributed by atoms with Crippen molar-refractivity contribution < 1.29 is 39.5 Å². The van der Waals surface area contributed by atoms with E-state index in [1.807, 2.05) is 0 Å². The highest BCUT2D eigenvalue weighted by molar-refractivity contribution is 5.50. The Morgan fingerprint density at radius 3 is 2.02 bits per heavy atom. The average Bonchev–Trinajstić information content (AvgIpc) is 2.96. The van der Waals surface area contributed by atoms with Gasteiger partial charge in [0, 0.05) is 50.4 Å². The van der Waals surface area contributed by atoms with E-state index in [1.54, 1.807) is 40.1 Å². The van der Waals surface area contributed by atoms with Crippen LogP contribution in [0.5, 0.6) is 0 Å². The fraction of sp³-hybridized carbons (Fsp3) is 0.467. The predicted octanol–water partition coefficient (Wildman–Crippen LogP) is 5.87. The van der Waals surface area contributed by atoms with Crippen molar-refractivity contribution >= 4 is 5.69 Å². The molecule has 1 aromatic heterocycles. The van der Waals surface area contributed by atoms with Crippen LogP contribution < -0.4 is 16.1 Å². The van der Waals surface area contributed by atoms with Crippen LogP contribution >= 0.6 is 0 Å². The molecule has 0 radical (unpaired) electrons. The van der Waals surface area contributed by atoms with E-state index in [4.69, 9.17) is 0 Å². The standard InChI is InChI=1S/C30H31F9N4O2/c1-20-25(41-17-15-40(16-18-41)13-6-12-28(32,33)30(37,38)39)26(44)42(14-11-21-7-3-2-4-8-21)27(45)43(20)19-22-23(29(34,35)36)9-5-10-24(22)31/h2-5,7-10H,6,11-19H2,1H3. The van der Waals surface area contributed by atoms with Crippen molar-refractivity contribution in [1.29, 1.82) is 0 Å². The largest absolute Gasteiger partial charge is 0.453 e. The lowest BCUT2D eigenvalue weighted by Crippen LogP contribution is -2.51. The summed E-state index contributed by atoms with van der Waals surface area (Å²) in [6, 6.07) is 11.3. The summed E-state index contributed by atoms with van der Waals surface area (Å²) >= 11 is 0. The summed E-state index contributed by atoms with van der Waals surface area (Å²) in [7, 11) is 0. The molecule has 0 amide bonds. The third-order valence-electron chi connectivity index (χ3n) is 7.93. The molecule has 1 fully saturated rings. The number of halogens is 9. The lowest BCUT2D eigenvalue weighted by molar-refractivity contribution is -0.284. The second-order valence-corrected chi connectivity index (χ2v) is 10.9. The van der Waals surface area contributed by atoms with Gasteiger partial charge in [0.1, 0.15) is 11.5 Å². The van der Waals surface area contributed by atoms with Gasteiger partial charge in [0.25, 0.3) is 5.56 Å². The number of alkyl halides is 8. The van der Waals surface area contributed by atoms with E-state index in [2.05, 4.69) is 0 Å². The molecule has 0 atom stereocenters. The van der Waals surface area contributed by atoms with Gasteiger partial charge in [0.15, 0.2) is 0 Å². The molecular weight excluding hydrogens is 619 g/mol. The van der Waals surface area contributed by atoms with Gasteiger partial charge in [-0.05, 0) is 44.0 Å². The molecule has 1 aliphatic heterocycles. The maximum absolute atomic E-state index is 14.8. The van der Waals surface area contributed by atoms with E-state index in [1.165, 1.54) is 6.92 Å². The van der Waals surface area contributed by atoms with Gasteiger partial charge in [0.2, 0.25) is 0 Å². The number of benzene rings is 2. The van der Waals surface area contributed by atoms with Gasteiger partial charge >= 0.3 is 24.0 Å². The maximum Gasteiger partial charge on any atom is 0.453 e. The van der Waals surface area contributed by atoms with Crippen LogP contribution in [0.15, 0.2) is 58.1 Å². The molecule has 1 saturated heterocycles. The van der Waals surface area contributed by atoms with Crippen LogP contribution in [-0.2, 0) is 25.7 Å². The topological polar surface area (TPSA) is 50.5 Å². The molecule has 0 spiro atoms. The molecule has 1 aliphatic rings. The summed E-state index contributed by atoms with van der Waals surface area (Å²) in [5.74, 6) is -5.99. The lowest BCUT2D eigenvalue weighted by Gasteiger charge is -2.37. The molecule has 3 aromatic rings. The first-order chi connectivity index (χ1) is 21.0. The summed E-state index contributed by atoms with van der Waals surface area (Å²) in [6.07, 6.45) is -12.1. The highest BCUT2D eigenvalue weighted by atomic mass is 19.4. The van der Waals surface area contributed by atoms with Crippen molar-refractivity contribution in [2.75, 3.05) is 37.6 Å². The summed E-state index contributed by atoms with van der Waals surface area (Å²) in [6.45, 7) is 1.01. The van der Waals surface area contributed by atoms with Gasteiger partial charge in [-0.2, -0.15) is 35.1 Å². The molecule has 15 heteroatoms.